The number of fused-ring (bicyclic) bond motifs is 5. The molecule has 30 heavy (non-hydrogen) atoms. The van der Waals surface area contributed by atoms with Crippen molar-refractivity contribution in [2.75, 3.05) is 0 Å². The Hall–Kier alpha value is -0.850. The van der Waals surface area contributed by atoms with Crippen LogP contribution in [0.25, 0.3) is 0 Å². The lowest BCUT2D eigenvalue weighted by Gasteiger charge is -2.58. The van der Waals surface area contributed by atoms with Crippen molar-refractivity contribution in [1.29, 1.82) is 0 Å². The molecule has 0 heterocycles. The number of carbonyl (C=O) groups excluding carboxylic acids is 1. The third-order valence-corrected chi connectivity index (χ3v) is 10.7. The van der Waals surface area contributed by atoms with E-state index < -0.39 is 0 Å². The quantitative estimate of drug-likeness (QED) is 0.419. The van der Waals surface area contributed by atoms with Crippen LogP contribution in [0, 0.1) is 52.3 Å². The summed E-state index contributed by atoms with van der Waals surface area (Å²) in [7, 11) is 0. The second-order valence-corrected chi connectivity index (χ2v) is 12.3. The van der Waals surface area contributed by atoms with Gasteiger partial charge in [-0.25, -0.2) is 0 Å². The molecule has 0 bridgehead atoms. The summed E-state index contributed by atoms with van der Waals surface area (Å²) < 4.78 is 0. The Balaban J connectivity index is 1.52. The molecule has 1 nitrogen and oxygen atoms in total. The van der Waals surface area contributed by atoms with E-state index in [1.807, 2.05) is 0 Å². The third-order valence-electron chi connectivity index (χ3n) is 10.7. The van der Waals surface area contributed by atoms with E-state index >= 15 is 0 Å². The monoisotopic (exact) mass is 410 g/mol. The first-order valence-corrected chi connectivity index (χ1v) is 13.1. The number of hydrogen-bond acceptors (Lipinski definition) is 1. The highest BCUT2D eigenvalue weighted by Gasteiger charge is 2.59. The average molecular weight is 411 g/mol. The summed E-state index contributed by atoms with van der Waals surface area (Å²) in [5.74, 6) is 6.01. The molecule has 4 aliphatic rings. The number of rotatable bonds is 5. The summed E-state index contributed by atoms with van der Waals surface area (Å²) in [5.41, 5.74) is 2.34. The Bertz CT molecular complexity index is 714. The predicted molar refractivity (Wildman–Crippen MR) is 127 cm³/mol. The minimum atomic E-state index is 0.313. The maximum absolute atomic E-state index is 12.1. The molecular formula is C29H46O. The standard InChI is InChI=1S/C29H46O/c1-7-21(19(2)3)9-8-20(4)25-12-13-26-24-11-10-22-18-23(30)14-16-28(22,5)27(24)15-17-29(25,26)6/h8-9,18-21,24-27H,7,10-17H2,1-6H3/b9-8-/t20-,21-,24+,25-,26+,27+,28+,29-/m1/s1. The Labute approximate surface area is 186 Å². The van der Waals surface area contributed by atoms with Crippen LogP contribution in [-0.2, 0) is 4.79 Å². The summed E-state index contributed by atoms with van der Waals surface area (Å²) in [5, 5.41) is 0. The van der Waals surface area contributed by atoms with Gasteiger partial charge in [0.25, 0.3) is 0 Å². The molecule has 0 N–H and O–H groups in total. The van der Waals surface area contributed by atoms with Crippen molar-refractivity contribution >= 4 is 5.78 Å². The van der Waals surface area contributed by atoms with Crippen LogP contribution in [0.1, 0.15) is 99.3 Å². The van der Waals surface area contributed by atoms with Crippen LogP contribution >= 0.6 is 0 Å². The summed E-state index contributed by atoms with van der Waals surface area (Å²) in [4.78, 5) is 12.1. The van der Waals surface area contributed by atoms with Crippen LogP contribution in [0.5, 0.6) is 0 Å². The van der Waals surface area contributed by atoms with E-state index in [9.17, 15) is 4.79 Å². The maximum Gasteiger partial charge on any atom is 0.155 e. The van der Waals surface area contributed by atoms with Gasteiger partial charge in [-0.3, -0.25) is 4.79 Å². The van der Waals surface area contributed by atoms with E-state index in [0.717, 1.165) is 48.3 Å². The number of carbonyl (C=O) groups is 1. The van der Waals surface area contributed by atoms with Crippen molar-refractivity contribution in [1.82, 2.24) is 0 Å². The lowest BCUT2D eigenvalue weighted by molar-refractivity contribution is -0.117. The van der Waals surface area contributed by atoms with Crippen LogP contribution in [-0.4, -0.2) is 5.78 Å². The first-order chi connectivity index (χ1) is 14.2. The normalized spacial score (nSPS) is 43.2. The van der Waals surface area contributed by atoms with E-state index in [1.165, 1.54) is 50.5 Å². The molecule has 3 fully saturated rings. The van der Waals surface area contributed by atoms with E-state index in [-0.39, 0.29) is 0 Å². The van der Waals surface area contributed by atoms with Gasteiger partial charge in [-0.05, 0) is 110 Å². The highest BCUT2D eigenvalue weighted by atomic mass is 16.1. The summed E-state index contributed by atoms with van der Waals surface area (Å²) in [6, 6.07) is 0. The maximum atomic E-state index is 12.1. The summed E-state index contributed by atoms with van der Waals surface area (Å²) in [6.07, 6.45) is 18.5. The molecule has 1 heteroatoms. The predicted octanol–water partition coefficient (Wildman–Crippen LogP) is 8.01. The van der Waals surface area contributed by atoms with Crippen molar-refractivity contribution in [2.24, 2.45) is 52.3 Å². The van der Waals surface area contributed by atoms with Crippen LogP contribution in [0.2, 0.25) is 0 Å². The second kappa shape index (κ2) is 8.25. The fraction of sp³-hybridized carbons (Fsp3) is 0.828. The lowest BCUT2D eigenvalue weighted by atomic mass is 9.46. The minimum Gasteiger partial charge on any atom is -0.295 e. The molecule has 0 aromatic carbocycles. The smallest absolute Gasteiger partial charge is 0.155 e. The van der Waals surface area contributed by atoms with E-state index in [1.54, 1.807) is 0 Å². The zero-order valence-electron chi connectivity index (χ0n) is 20.5. The topological polar surface area (TPSA) is 17.1 Å². The molecule has 3 saturated carbocycles. The Kier molecular flexibility index (Phi) is 6.15. The molecule has 0 radical (unpaired) electrons. The van der Waals surface area contributed by atoms with Gasteiger partial charge < -0.3 is 0 Å². The third kappa shape index (κ3) is 3.57. The molecule has 0 amide bonds. The summed E-state index contributed by atoms with van der Waals surface area (Å²) in [6.45, 7) is 14.7. The Morgan fingerprint density at radius 1 is 1.00 bits per heavy atom. The van der Waals surface area contributed by atoms with Gasteiger partial charge >= 0.3 is 0 Å². The van der Waals surface area contributed by atoms with Crippen molar-refractivity contribution in [2.45, 2.75) is 99.3 Å². The molecule has 0 unspecified atom stereocenters. The first kappa shape index (κ1) is 22.3. The van der Waals surface area contributed by atoms with Gasteiger partial charge in [0, 0.05) is 6.42 Å². The fourth-order valence-electron chi connectivity index (χ4n) is 8.75. The van der Waals surface area contributed by atoms with Crippen molar-refractivity contribution in [3.8, 4) is 0 Å². The zero-order valence-corrected chi connectivity index (χ0v) is 20.5. The van der Waals surface area contributed by atoms with Gasteiger partial charge in [0.15, 0.2) is 5.78 Å². The number of ketones is 1. The van der Waals surface area contributed by atoms with Crippen LogP contribution in [0.3, 0.4) is 0 Å². The van der Waals surface area contributed by atoms with Gasteiger partial charge in [-0.2, -0.15) is 0 Å². The molecule has 4 aliphatic carbocycles. The second-order valence-electron chi connectivity index (χ2n) is 12.3. The molecule has 4 rings (SSSR count). The highest BCUT2D eigenvalue weighted by Crippen LogP contribution is 2.67. The molecular weight excluding hydrogens is 364 g/mol. The Morgan fingerprint density at radius 2 is 1.77 bits per heavy atom. The van der Waals surface area contributed by atoms with Crippen molar-refractivity contribution in [3.63, 3.8) is 0 Å². The Morgan fingerprint density at radius 3 is 2.47 bits per heavy atom. The molecule has 8 atom stereocenters. The molecule has 0 aliphatic heterocycles. The average Bonchev–Trinajstić information content (AvgIpc) is 3.06. The SMILES string of the molecule is CC[C@H](/C=C\[C@@H](C)[C@H]1CC[C@H]2[C@@H]3CCC4=CC(=O)CC[C@]4(C)[C@H]3CC[C@]12C)C(C)C. The molecule has 0 saturated heterocycles. The van der Waals surface area contributed by atoms with Gasteiger partial charge in [-0.15, -0.1) is 0 Å². The lowest BCUT2D eigenvalue weighted by Crippen LogP contribution is -2.50. The van der Waals surface area contributed by atoms with E-state index in [2.05, 4.69) is 59.8 Å². The van der Waals surface area contributed by atoms with E-state index in [4.69, 9.17) is 0 Å². The van der Waals surface area contributed by atoms with Crippen LogP contribution in [0.4, 0.5) is 0 Å². The number of hydrogen-bond donors (Lipinski definition) is 0. The zero-order chi connectivity index (χ0) is 21.7. The largest absolute Gasteiger partial charge is 0.295 e. The van der Waals surface area contributed by atoms with E-state index in [0.29, 0.717) is 22.5 Å². The van der Waals surface area contributed by atoms with Gasteiger partial charge in [-0.1, -0.05) is 59.3 Å². The van der Waals surface area contributed by atoms with Crippen LogP contribution in [0.15, 0.2) is 23.8 Å². The van der Waals surface area contributed by atoms with Gasteiger partial charge in [0.1, 0.15) is 0 Å². The highest BCUT2D eigenvalue weighted by molar-refractivity contribution is 5.91. The molecule has 0 aromatic rings. The van der Waals surface area contributed by atoms with Crippen LogP contribution < -0.4 is 0 Å². The summed E-state index contributed by atoms with van der Waals surface area (Å²) >= 11 is 0. The molecule has 168 valence electrons. The van der Waals surface area contributed by atoms with Crippen molar-refractivity contribution < 1.29 is 4.79 Å². The molecule has 0 spiro atoms. The number of allylic oxidation sites excluding steroid dienone is 3. The minimum absolute atomic E-state index is 0.313. The first-order valence-electron chi connectivity index (χ1n) is 13.1. The van der Waals surface area contributed by atoms with Gasteiger partial charge in [0.05, 0.1) is 0 Å². The fourth-order valence-corrected chi connectivity index (χ4v) is 8.75. The van der Waals surface area contributed by atoms with Gasteiger partial charge in [0.2, 0.25) is 0 Å². The van der Waals surface area contributed by atoms with Crippen molar-refractivity contribution in [3.05, 3.63) is 23.8 Å². The molecule has 0 aromatic heterocycles.